The molecule has 8 N–H and O–H groups in total. The number of carbonyl (C=O) groups excluding carboxylic acids is 8. The van der Waals surface area contributed by atoms with E-state index in [0.29, 0.717) is 23.4 Å². The Kier molecular flexibility index (Phi) is 49.5. The molecule has 0 saturated carbocycles. The average molecular weight is 1980 g/mol. The Hall–Kier alpha value is -10.8. The predicted molar refractivity (Wildman–Crippen MR) is 485 cm³/mol. The number of H-pyrrole nitrogens is 4. The number of aliphatic hydroxyl groups is 1. The summed E-state index contributed by atoms with van der Waals surface area (Å²) in [7, 11) is -7.12. The van der Waals surface area contributed by atoms with Gasteiger partial charge in [0.25, 0.3) is 19.1 Å². The van der Waals surface area contributed by atoms with Gasteiger partial charge in [-0.25, -0.2) is 74.5 Å². The second-order valence-electron chi connectivity index (χ2n) is 27.5. The molecule has 10 rings (SSSR count). The monoisotopic (exact) mass is 1980 g/mol. The molecule has 2 aliphatic heterocycles. The largest absolute Gasteiger partial charge is 0.477 e. The molecule has 0 radical (unpaired) electrons. The number of carboxylic acids is 1. The number of aromatic nitrogens is 4. The molecule has 1 fully saturated rings. The summed E-state index contributed by atoms with van der Waals surface area (Å²) in [6.07, 6.45) is 12.0. The van der Waals surface area contributed by atoms with Crippen LogP contribution in [-0.2, 0) is 116 Å². The van der Waals surface area contributed by atoms with Gasteiger partial charge in [-0.1, -0.05) is 77.4 Å². The van der Waals surface area contributed by atoms with Crippen LogP contribution in [-0.4, -0.2) is 248 Å². The van der Waals surface area contributed by atoms with Gasteiger partial charge in [-0.05, 0) is 173 Å². The molecule has 2 unspecified atom stereocenters. The number of thioether (sulfide) groups is 1. The number of ether oxygens (including phenoxy) is 7. The number of methoxy groups -OCH3 is 7. The van der Waals surface area contributed by atoms with Gasteiger partial charge in [-0.2, -0.15) is 4.31 Å². The normalized spacial score (nSPS) is 13.8. The van der Waals surface area contributed by atoms with Gasteiger partial charge in [-0.15, -0.1) is 24.2 Å². The Balaban J connectivity index is 0.00000144. The van der Waals surface area contributed by atoms with E-state index in [-0.39, 0.29) is 126 Å². The van der Waals surface area contributed by atoms with Crippen molar-refractivity contribution in [2.24, 2.45) is 5.73 Å². The van der Waals surface area contributed by atoms with Gasteiger partial charge in [-0.3, -0.25) is 23.5 Å². The molecule has 0 amide bonds. The maximum atomic E-state index is 12.7. The molecule has 46 heteroatoms. The first-order valence-electron chi connectivity index (χ1n) is 37.4. The number of sulfonamides is 2. The van der Waals surface area contributed by atoms with Crippen molar-refractivity contribution in [2.75, 3.05) is 93.9 Å². The van der Waals surface area contributed by atoms with Gasteiger partial charge in [0.15, 0.2) is 41.3 Å². The molecule has 714 valence electrons. The second kappa shape index (κ2) is 54.0. The van der Waals surface area contributed by atoms with Crippen LogP contribution in [0.1, 0.15) is 126 Å². The first-order chi connectivity index (χ1) is 59.3. The number of nitrogens with one attached hydrogen (secondary N) is 4. The summed E-state index contributed by atoms with van der Waals surface area (Å²) in [5.41, 5.74) is 11.8. The van der Waals surface area contributed by atoms with E-state index in [0.717, 1.165) is 65.0 Å². The Morgan fingerprint density at radius 1 is 0.527 bits per heavy atom. The minimum atomic E-state index is -3.86. The maximum Gasteiger partial charge on any atom is 0.355 e. The zero-order valence-electron chi connectivity index (χ0n) is 74.9. The second-order valence-corrected chi connectivity index (χ2v) is 40.8. The van der Waals surface area contributed by atoms with Crippen molar-refractivity contribution < 1.29 is 137 Å². The number of nitrogens with zero attached hydrogens (tertiary/aromatic N) is 2. The number of hydrogen-bond donors (Lipinski definition) is 7. The summed E-state index contributed by atoms with van der Waals surface area (Å²) in [6, 6.07) is 26.4. The van der Waals surface area contributed by atoms with Gasteiger partial charge < -0.3 is 69.0 Å². The highest BCUT2D eigenvalue weighted by Gasteiger charge is 2.53. The number of esters is 7. The lowest BCUT2D eigenvalue weighted by Gasteiger charge is -2.28. The average Bonchev–Trinajstić information content (AvgIpc) is 1.61. The fourth-order valence-corrected chi connectivity index (χ4v) is 18.3. The molecule has 1 saturated heterocycles. The van der Waals surface area contributed by atoms with E-state index in [4.69, 9.17) is 21.5 Å². The van der Waals surface area contributed by atoms with Gasteiger partial charge in [0.1, 0.15) is 28.5 Å². The van der Waals surface area contributed by atoms with Crippen molar-refractivity contribution in [3.63, 3.8) is 0 Å². The van der Waals surface area contributed by atoms with Crippen molar-refractivity contribution in [3.05, 3.63) is 219 Å². The van der Waals surface area contributed by atoms with Gasteiger partial charge in [0.05, 0.1) is 103 Å². The molecule has 0 spiro atoms. The van der Waals surface area contributed by atoms with Crippen LogP contribution >= 0.6 is 34.9 Å². The number of allylic oxidation sites excluding steroid dienone is 1. The molecule has 4 aromatic carbocycles. The first kappa shape index (κ1) is 118. The molecular weight excluding hydrogens is 1870 g/mol. The Morgan fingerprint density at radius 3 is 1.23 bits per heavy atom. The fraction of sp³-hybridized carbons (Fsp3) is 0.361. The van der Waals surface area contributed by atoms with Crippen LogP contribution in [0.4, 0.5) is 0 Å². The van der Waals surface area contributed by atoms with Crippen molar-refractivity contribution >= 4 is 147 Å². The van der Waals surface area contributed by atoms with Gasteiger partial charge >= 0.3 is 47.8 Å². The minimum Gasteiger partial charge on any atom is -0.477 e. The van der Waals surface area contributed by atoms with Crippen LogP contribution in [0.3, 0.4) is 0 Å². The molecule has 0 aliphatic carbocycles. The van der Waals surface area contributed by atoms with E-state index < -0.39 is 100 Å². The smallest absolute Gasteiger partial charge is 0.355 e. The zero-order chi connectivity index (χ0) is 98.5. The Bertz CT molecular complexity index is 5900. The fourth-order valence-electron chi connectivity index (χ4n) is 10.7. The summed E-state index contributed by atoms with van der Waals surface area (Å²) >= 11 is 1.61. The summed E-state index contributed by atoms with van der Waals surface area (Å²) < 4.78 is 174. The molecule has 2 aliphatic rings. The lowest BCUT2D eigenvalue weighted by Crippen LogP contribution is -2.50. The maximum absolute atomic E-state index is 12.7. The van der Waals surface area contributed by atoms with Crippen LogP contribution in [0.25, 0.3) is 0 Å². The van der Waals surface area contributed by atoms with E-state index in [1.807, 2.05) is 60.1 Å². The highest BCUT2D eigenvalue weighted by molar-refractivity contribution is 8.13. The summed E-state index contributed by atoms with van der Waals surface area (Å²) in [5, 5.41) is 18.9. The van der Waals surface area contributed by atoms with E-state index in [2.05, 4.69) is 59.7 Å². The number of hydrogen-bond acceptors (Lipinski definition) is 31. The molecule has 37 nitrogen and oxygen atoms in total. The standard InChI is InChI=1S/C14H19NO5S.C14H17NO4S.C11H14O4S.C8H11NO4S.C8H11NO2S.C7H7ClO2S.C7H9NO4S.C7H9NO2.C4H6O.C3H7NO2.ClH/c1-10-4-6-11(7-5-10)21(18,19)15-9-8-14(2,17)12(15)13(16)20-3;1-10-4-6-12(7-5-10)20(17,18)15-9-8-11(2)13(15)14(16)19-3;1-9-3-5-10(6-4-9)16(13,14)8-7-11(12)15-2;1-5-6(14(3,11)12)4-9-7(5)8(10)13-2;1-5-6(12-3)4-9-7(5)8(10)11-2;1-6-2-4-7(5-3-6)11(8,9)10;1-4-5(13(2,11)12)3-8-6(4)7(9)10;1-5-3-4-8-6(5)7(9)10-2;1-3-4(2)5;1-6-3(5)2-4;/h4-7,12,17H,8-9H2,1-3H3;4-7H,8-9H2,1-3H3;3-6H,7-8H2,1-2H3;4,9H,1-3H3;4,9H,1-3H3;2-5H,1H3;3,8H,1-2H3,(H,9,10);3-4,8H,1-2H3;3H,1H2,2H3;2,4H2,1H3;1H. The molecule has 2 atom stereocenters. The lowest BCUT2D eigenvalue weighted by atomic mass is 9.98. The number of carboxylic acid groups (broad SMARTS) is 1. The quantitative estimate of drug-likeness (QED) is 0.0123. The first-order valence-corrected chi connectivity index (χ1v) is 49.3. The number of halogens is 2. The van der Waals surface area contributed by atoms with Crippen molar-refractivity contribution in [3.8, 4) is 0 Å². The molecule has 4 aromatic heterocycles. The van der Waals surface area contributed by atoms with Crippen LogP contribution in [0.2, 0.25) is 0 Å². The Labute approximate surface area is 767 Å². The van der Waals surface area contributed by atoms with Crippen LogP contribution in [0, 0.1) is 55.4 Å². The number of rotatable bonds is 20. The minimum absolute atomic E-state index is 0. The zero-order valence-corrected chi connectivity index (χ0v) is 82.2. The number of benzene rings is 4. The Morgan fingerprint density at radius 2 is 0.907 bits per heavy atom. The topological polar surface area (TPSA) is 559 Å². The third-order valence-electron chi connectivity index (χ3n) is 17.9. The summed E-state index contributed by atoms with van der Waals surface area (Å²) in [4.78, 5) is 110. The van der Waals surface area contributed by atoms with Crippen LogP contribution in [0.5, 0.6) is 0 Å². The molecular formula is C83H111Cl2N7O30S7. The van der Waals surface area contributed by atoms with E-state index in [1.165, 1.54) is 113 Å². The summed E-state index contributed by atoms with van der Waals surface area (Å²) in [5.74, 6) is -4.83. The SMILES string of the molecule is C=CC(C)=O.COC(=O)C1=C(C)CCN1S(=O)(=O)c1ccc(C)cc1.COC(=O)C1N(S(=O)(=O)c2ccc(C)cc2)CCC1(C)O.COC(=O)CCS(=O)(=O)c1ccc(C)cc1.COC(=O)CN.COC(=O)c1[nH]cc(S(C)(=O)=O)c1C.COC(=O)c1[nH]cc(SC)c1C.COC(=O)c1[nH]ccc1C.Cc1c(S(C)(=O)=O)c[nH]c1C(=O)O.Cc1ccc(S(=O)(=O)Cl)cc1.Cl. The van der Waals surface area contributed by atoms with Crippen molar-refractivity contribution in [1.82, 2.24) is 28.5 Å². The molecule has 8 aromatic rings. The third-order valence-corrected chi connectivity index (χ3v) is 28.0. The number of ketones is 1. The van der Waals surface area contributed by atoms with E-state index in [9.17, 15) is 98.8 Å². The highest BCUT2D eigenvalue weighted by Crippen LogP contribution is 2.35. The number of aromatic carboxylic acids is 1. The van der Waals surface area contributed by atoms with Crippen LogP contribution in [0.15, 0.2) is 186 Å². The number of sulfone groups is 3. The third kappa shape index (κ3) is 37.0. The number of aromatic amines is 4. The highest BCUT2D eigenvalue weighted by atomic mass is 35.7. The van der Waals surface area contributed by atoms with Gasteiger partial charge in [0, 0.05) is 77.1 Å². The van der Waals surface area contributed by atoms with Crippen molar-refractivity contribution in [2.45, 2.75) is 141 Å². The van der Waals surface area contributed by atoms with Crippen LogP contribution < -0.4 is 5.73 Å². The van der Waals surface area contributed by atoms with Crippen molar-refractivity contribution in [1.29, 1.82) is 0 Å². The van der Waals surface area contributed by atoms with Gasteiger partial charge in [0.2, 0.25) is 10.0 Å². The number of nitrogens with two attached hydrogens (primary N) is 1. The van der Waals surface area contributed by atoms with E-state index in [1.54, 1.807) is 105 Å². The number of aryl methyl sites for hydroxylation is 5. The molecule has 129 heavy (non-hydrogen) atoms. The summed E-state index contributed by atoms with van der Waals surface area (Å²) in [6.45, 7) is 22.4. The predicted octanol–water partition coefficient (Wildman–Crippen LogP) is 9.95. The van der Waals surface area contributed by atoms with E-state index >= 15 is 0 Å². The number of carbonyl (C=O) groups is 9. The molecule has 6 heterocycles. The molecule has 0 bridgehead atoms. The lowest BCUT2D eigenvalue weighted by molar-refractivity contribution is -0.150.